The van der Waals surface area contributed by atoms with E-state index >= 15 is 0 Å². The highest BCUT2D eigenvalue weighted by molar-refractivity contribution is 5.67. The van der Waals surface area contributed by atoms with Gasteiger partial charge < -0.3 is 29.8 Å². The number of hydrogen-bond donors (Lipinski definition) is 2. The van der Waals surface area contributed by atoms with E-state index in [9.17, 15) is 19.5 Å². The van der Waals surface area contributed by atoms with Crippen molar-refractivity contribution in [3.05, 3.63) is 0 Å². The lowest BCUT2D eigenvalue weighted by Gasteiger charge is -2.41. The maximum Gasteiger partial charge on any atom is 0.303 e. The van der Waals surface area contributed by atoms with Crippen LogP contribution in [0.15, 0.2) is 0 Å². The Labute approximate surface area is 121 Å². The van der Waals surface area contributed by atoms with E-state index in [1.165, 1.54) is 6.92 Å². The summed E-state index contributed by atoms with van der Waals surface area (Å²) in [7, 11) is 0. The molecule has 120 valence electrons. The summed E-state index contributed by atoms with van der Waals surface area (Å²) in [4.78, 5) is 33.2. The lowest BCUT2D eigenvalue weighted by Crippen LogP contribution is -2.64. The highest BCUT2D eigenvalue weighted by Crippen LogP contribution is 2.24. The van der Waals surface area contributed by atoms with E-state index in [1.807, 2.05) is 0 Å². The molecule has 9 heteroatoms. The second-order valence-electron chi connectivity index (χ2n) is 4.59. The molecule has 1 rings (SSSR count). The van der Waals surface area contributed by atoms with Gasteiger partial charge in [-0.05, 0) is 0 Å². The van der Waals surface area contributed by atoms with E-state index in [1.54, 1.807) is 0 Å². The fourth-order valence-electron chi connectivity index (χ4n) is 1.95. The molecule has 0 aromatic carbocycles. The van der Waals surface area contributed by atoms with Crippen LogP contribution in [0.2, 0.25) is 0 Å². The molecular formula is C12H19NO8. The molecular weight excluding hydrogens is 286 g/mol. The fraction of sp³-hybridized carbons (Fsp3) is 0.750. The highest BCUT2D eigenvalue weighted by atomic mass is 16.7. The van der Waals surface area contributed by atoms with E-state index < -0.39 is 48.6 Å². The van der Waals surface area contributed by atoms with Gasteiger partial charge >= 0.3 is 17.9 Å². The fourth-order valence-corrected chi connectivity index (χ4v) is 1.95. The molecule has 0 bridgehead atoms. The Bertz CT molecular complexity index is 412. The molecule has 0 saturated carbocycles. The molecule has 9 nitrogen and oxygen atoms in total. The van der Waals surface area contributed by atoms with Crippen LogP contribution < -0.4 is 5.73 Å². The van der Waals surface area contributed by atoms with Gasteiger partial charge in [0.25, 0.3) is 0 Å². The molecule has 1 heterocycles. The van der Waals surface area contributed by atoms with Gasteiger partial charge in [0.15, 0.2) is 18.5 Å². The van der Waals surface area contributed by atoms with Crippen molar-refractivity contribution in [2.24, 2.45) is 5.73 Å². The first-order valence-corrected chi connectivity index (χ1v) is 6.29. The number of carbonyl (C=O) groups is 3. The van der Waals surface area contributed by atoms with Crippen LogP contribution in [0.1, 0.15) is 20.8 Å². The lowest BCUT2D eigenvalue weighted by atomic mass is 9.97. The van der Waals surface area contributed by atoms with E-state index in [0.717, 1.165) is 13.8 Å². The number of ether oxygens (including phenoxy) is 4. The SMILES string of the molecule is CC(=O)OC[C@H]1O[C@@H](O)[C@H](N)[C@H](OC(C)=O)[C@@H]1OC(C)=O. The number of esters is 3. The van der Waals surface area contributed by atoms with Gasteiger partial charge in [-0.1, -0.05) is 0 Å². The third kappa shape index (κ3) is 4.96. The summed E-state index contributed by atoms with van der Waals surface area (Å²) in [5.74, 6) is -1.89. The van der Waals surface area contributed by atoms with Crippen molar-refractivity contribution < 1.29 is 38.4 Å². The Kier molecular flexibility index (Phi) is 6.06. The summed E-state index contributed by atoms with van der Waals surface area (Å²) < 4.78 is 20.0. The number of hydrogen-bond acceptors (Lipinski definition) is 9. The van der Waals surface area contributed by atoms with Crippen LogP contribution in [0.4, 0.5) is 0 Å². The zero-order valence-corrected chi connectivity index (χ0v) is 12.0. The van der Waals surface area contributed by atoms with Crippen molar-refractivity contribution in [1.29, 1.82) is 0 Å². The van der Waals surface area contributed by atoms with Gasteiger partial charge in [0.2, 0.25) is 0 Å². The molecule has 1 aliphatic rings. The molecule has 0 radical (unpaired) electrons. The molecule has 5 atom stereocenters. The van der Waals surface area contributed by atoms with Crippen LogP contribution in [0.3, 0.4) is 0 Å². The Hall–Kier alpha value is -1.71. The summed E-state index contributed by atoms with van der Waals surface area (Å²) >= 11 is 0. The Morgan fingerprint density at radius 1 is 1.05 bits per heavy atom. The summed E-state index contributed by atoms with van der Waals surface area (Å²) in [5.41, 5.74) is 5.70. The number of nitrogens with two attached hydrogens (primary N) is 1. The second kappa shape index (κ2) is 7.34. The minimum atomic E-state index is -1.46. The minimum Gasteiger partial charge on any atom is -0.463 e. The zero-order valence-electron chi connectivity index (χ0n) is 12.0. The quantitative estimate of drug-likeness (QED) is 0.468. The Balaban J connectivity index is 2.94. The predicted molar refractivity (Wildman–Crippen MR) is 66.6 cm³/mol. The first-order chi connectivity index (χ1) is 9.72. The van der Waals surface area contributed by atoms with E-state index in [2.05, 4.69) is 0 Å². The lowest BCUT2D eigenvalue weighted by molar-refractivity contribution is -0.260. The topological polar surface area (TPSA) is 134 Å². The Morgan fingerprint density at radius 2 is 1.57 bits per heavy atom. The average molecular weight is 305 g/mol. The maximum atomic E-state index is 11.2. The second-order valence-corrected chi connectivity index (χ2v) is 4.59. The largest absolute Gasteiger partial charge is 0.463 e. The molecule has 1 aliphatic heterocycles. The molecule has 0 aliphatic carbocycles. The van der Waals surface area contributed by atoms with Crippen LogP contribution in [0.25, 0.3) is 0 Å². The molecule has 1 saturated heterocycles. The molecule has 0 aromatic heterocycles. The maximum absolute atomic E-state index is 11.2. The van der Waals surface area contributed by atoms with Crippen molar-refractivity contribution >= 4 is 17.9 Å². The van der Waals surface area contributed by atoms with Crippen LogP contribution in [0.5, 0.6) is 0 Å². The molecule has 21 heavy (non-hydrogen) atoms. The van der Waals surface area contributed by atoms with Gasteiger partial charge in [-0.2, -0.15) is 0 Å². The Morgan fingerprint density at radius 3 is 2.05 bits per heavy atom. The third-order valence-corrected chi connectivity index (χ3v) is 2.77. The molecule has 3 N–H and O–H groups in total. The van der Waals surface area contributed by atoms with Crippen LogP contribution >= 0.6 is 0 Å². The summed E-state index contributed by atoms with van der Waals surface area (Å²) in [5, 5.41) is 9.73. The van der Waals surface area contributed by atoms with Crippen molar-refractivity contribution in [3.63, 3.8) is 0 Å². The number of carbonyl (C=O) groups excluding carboxylic acids is 3. The molecule has 0 unspecified atom stereocenters. The first kappa shape index (κ1) is 17.3. The zero-order chi connectivity index (χ0) is 16.2. The van der Waals surface area contributed by atoms with Crippen LogP contribution in [0, 0.1) is 0 Å². The monoisotopic (exact) mass is 305 g/mol. The van der Waals surface area contributed by atoms with Gasteiger partial charge in [0, 0.05) is 20.8 Å². The smallest absolute Gasteiger partial charge is 0.303 e. The average Bonchev–Trinajstić information content (AvgIpc) is 2.35. The number of rotatable bonds is 4. The minimum absolute atomic E-state index is 0.283. The van der Waals surface area contributed by atoms with Gasteiger partial charge in [-0.3, -0.25) is 14.4 Å². The summed E-state index contributed by atoms with van der Waals surface area (Å²) in [6.07, 6.45) is -4.67. The summed E-state index contributed by atoms with van der Waals surface area (Å²) in [6.45, 7) is 3.22. The highest BCUT2D eigenvalue weighted by Gasteiger charge is 2.48. The van der Waals surface area contributed by atoms with Crippen molar-refractivity contribution in [2.75, 3.05) is 6.61 Å². The van der Waals surface area contributed by atoms with Gasteiger partial charge in [-0.25, -0.2) is 0 Å². The molecule has 0 aromatic rings. The van der Waals surface area contributed by atoms with Gasteiger partial charge in [0.05, 0.1) is 6.04 Å². The van der Waals surface area contributed by atoms with Crippen molar-refractivity contribution in [3.8, 4) is 0 Å². The molecule has 0 amide bonds. The van der Waals surface area contributed by atoms with E-state index in [-0.39, 0.29) is 6.61 Å². The number of aliphatic hydroxyl groups excluding tert-OH is 1. The standard InChI is InChI=1S/C12H19NO8/c1-5(14)18-4-8-10(19-6(2)15)11(20-7(3)16)9(13)12(17)21-8/h8-12,17H,4,13H2,1-3H3/t8-,9-,10-,11+,12-/m1/s1. The first-order valence-electron chi connectivity index (χ1n) is 6.29. The normalized spacial score (nSPS) is 32.1. The van der Waals surface area contributed by atoms with Crippen molar-refractivity contribution in [2.45, 2.75) is 51.4 Å². The van der Waals surface area contributed by atoms with Gasteiger partial charge in [-0.15, -0.1) is 0 Å². The van der Waals surface area contributed by atoms with Crippen molar-refractivity contribution in [1.82, 2.24) is 0 Å². The van der Waals surface area contributed by atoms with E-state index in [4.69, 9.17) is 24.7 Å². The molecule has 0 spiro atoms. The van der Waals surface area contributed by atoms with E-state index in [0.29, 0.717) is 0 Å². The number of aliphatic hydroxyl groups is 1. The van der Waals surface area contributed by atoms with Crippen LogP contribution in [-0.4, -0.2) is 60.3 Å². The predicted octanol–water partition coefficient (Wildman–Crippen LogP) is -1.54. The molecule has 1 fully saturated rings. The van der Waals surface area contributed by atoms with Crippen LogP contribution in [-0.2, 0) is 33.3 Å². The third-order valence-electron chi connectivity index (χ3n) is 2.77. The van der Waals surface area contributed by atoms with Gasteiger partial charge in [0.1, 0.15) is 12.7 Å². The summed E-state index contributed by atoms with van der Waals surface area (Å²) in [6, 6.07) is -1.10.